The van der Waals surface area contributed by atoms with Gasteiger partial charge in [0, 0.05) is 56.9 Å². The minimum atomic E-state index is -0.197. The maximum atomic E-state index is 12.9. The summed E-state index contributed by atoms with van der Waals surface area (Å²) in [6.07, 6.45) is 4.82. The Kier molecular flexibility index (Phi) is 6.89. The quantitative estimate of drug-likeness (QED) is 0.542. The fraction of sp³-hybridized carbons (Fsp3) is 0.375. The van der Waals surface area contributed by atoms with Crippen molar-refractivity contribution in [2.24, 2.45) is 0 Å². The lowest BCUT2D eigenvalue weighted by atomic mass is 10.1. The van der Waals surface area contributed by atoms with Gasteiger partial charge in [0.1, 0.15) is 0 Å². The Bertz CT molecular complexity index is 1040. The number of nitrogens with zero attached hydrogens (tertiary/aromatic N) is 5. The second-order valence-corrected chi connectivity index (χ2v) is 7.96. The number of likely N-dealkylation sites (tertiary alicyclic amines) is 1. The number of hydrogen-bond donors (Lipinski definition) is 0. The Hall–Kier alpha value is -3.55. The molecule has 166 valence electrons. The second-order valence-electron chi connectivity index (χ2n) is 7.96. The van der Waals surface area contributed by atoms with Crippen LogP contribution in [0.15, 0.2) is 59.3 Å². The van der Waals surface area contributed by atoms with E-state index in [0.29, 0.717) is 43.2 Å². The fourth-order valence-electron chi connectivity index (χ4n) is 3.89. The Morgan fingerprint density at radius 2 is 1.94 bits per heavy atom. The molecule has 1 aromatic carbocycles. The summed E-state index contributed by atoms with van der Waals surface area (Å²) in [7, 11) is 1.79. The van der Waals surface area contributed by atoms with E-state index in [2.05, 4.69) is 15.1 Å². The van der Waals surface area contributed by atoms with Crippen LogP contribution in [0.4, 0.5) is 0 Å². The molecule has 32 heavy (non-hydrogen) atoms. The van der Waals surface area contributed by atoms with Gasteiger partial charge >= 0.3 is 0 Å². The average Bonchev–Trinajstić information content (AvgIpc) is 3.51. The van der Waals surface area contributed by atoms with Crippen LogP contribution in [0, 0.1) is 0 Å². The van der Waals surface area contributed by atoms with Gasteiger partial charge in [-0.2, -0.15) is 4.98 Å². The lowest BCUT2D eigenvalue weighted by Crippen LogP contribution is -2.31. The molecule has 8 nitrogen and oxygen atoms in total. The van der Waals surface area contributed by atoms with Crippen LogP contribution in [-0.2, 0) is 17.6 Å². The highest BCUT2D eigenvalue weighted by Gasteiger charge is 2.33. The third-order valence-electron chi connectivity index (χ3n) is 5.72. The molecule has 0 saturated carbocycles. The Morgan fingerprint density at radius 1 is 1.12 bits per heavy atom. The van der Waals surface area contributed by atoms with Gasteiger partial charge in [-0.1, -0.05) is 29.4 Å². The normalized spacial score (nSPS) is 15.7. The van der Waals surface area contributed by atoms with E-state index in [1.807, 2.05) is 48.5 Å². The molecule has 2 amide bonds. The largest absolute Gasteiger partial charge is 0.345 e. The Labute approximate surface area is 187 Å². The van der Waals surface area contributed by atoms with Crippen molar-refractivity contribution < 1.29 is 14.1 Å². The Morgan fingerprint density at radius 3 is 2.72 bits per heavy atom. The van der Waals surface area contributed by atoms with Crippen LogP contribution >= 0.6 is 0 Å². The standard InChI is InChI=1S/C24H27N5O3/c1-28(17-14-19-10-5-6-15-25-19)22(30)13-12-21-26-23(27-32-21)20-11-7-16-29(20)24(31)18-8-3-2-4-9-18/h2-6,8-10,15,20H,7,11-14,16-17H2,1H3. The molecule has 0 radical (unpaired) electrons. The van der Waals surface area contributed by atoms with Crippen molar-refractivity contribution in [3.8, 4) is 0 Å². The summed E-state index contributed by atoms with van der Waals surface area (Å²) in [6.45, 7) is 1.27. The zero-order chi connectivity index (χ0) is 22.3. The number of aromatic nitrogens is 3. The lowest BCUT2D eigenvalue weighted by Gasteiger charge is -2.22. The van der Waals surface area contributed by atoms with Gasteiger partial charge in [-0.3, -0.25) is 14.6 Å². The van der Waals surface area contributed by atoms with Gasteiger partial charge < -0.3 is 14.3 Å². The monoisotopic (exact) mass is 433 g/mol. The highest BCUT2D eigenvalue weighted by atomic mass is 16.5. The predicted molar refractivity (Wildman–Crippen MR) is 118 cm³/mol. The summed E-state index contributed by atoms with van der Waals surface area (Å²) in [6, 6.07) is 14.8. The van der Waals surface area contributed by atoms with Crippen LogP contribution in [0.3, 0.4) is 0 Å². The molecule has 3 heterocycles. The van der Waals surface area contributed by atoms with Crippen molar-refractivity contribution in [2.75, 3.05) is 20.1 Å². The predicted octanol–water partition coefficient (Wildman–Crippen LogP) is 3.08. The molecule has 8 heteroatoms. The molecule has 1 fully saturated rings. The number of likely N-dealkylation sites (N-methyl/N-ethyl adjacent to an activating group) is 1. The molecule has 1 aliphatic heterocycles. The van der Waals surface area contributed by atoms with E-state index >= 15 is 0 Å². The van der Waals surface area contributed by atoms with Crippen LogP contribution in [0.2, 0.25) is 0 Å². The third kappa shape index (κ3) is 5.19. The first kappa shape index (κ1) is 21.7. The van der Waals surface area contributed by atoms with Crippen molar-refractivity contribution in [3.05, 3.63) is 77.7 Å². The molecule has 1 unspecified atom stereocenters. The van der Waals surface area contributed by atoms with Gasteiger partial charge in [0.15, 0.2) is 5.82 Å². The van der Waals surface area contributed by atoms with Gasteiger partial charge in [-0.05, 0) is 37.1 Å². The lowest BCUT2D eigenvalue weighted by molar-refractivity contribution is -0.129. The van der Waals surface area contributed by atoms with Gasteiger partial charge in [0.2, 0.25) is 11.8 Å². The van der Waals surface area contributed by atoms with Crippen molar-refractivity contribution in [1.29, 1.82) is 0 Å². The third-order valence-corrected chi connectivity index (χ3v) is 5.72. The number of benzene rings is 1. The van der Waals surface area contributed by atoms with E-state index in [9.17, 15) is 9.59 Å². The molecular weight excluding hydrogens is 406 g/mol. The molecule has 4 rings (SSSR count). The maximum Gasteiger partial charge on any atom is 0.254 e. The van der Waals surface area contributed by atoms with E-state index in [0.717, 1.165) is 18.5 Å². The molecular formula is C24H27N5O3. The smallest absolute Gasteiger partial charge is 0.254 e. The summed E-state index contributed by atoms with van der Waals surface area (Å²) in [5.41, 5.74) is 1.61. The maximum absolute atomic E-state index is 12.9. The minimum Gasteiger partial charge on any atom is -0.345 e. The molecule has 0 N–H and O–H groups in total. The number of pyridine rings is 1. The number of carbonyl (C=O) groups excluding carboxylic acids is 2. The number of aryl methyl sites for hydroxylation is 1. The highest BCUT2D eigenvalue weighted by molar-refractivity contribution is 5.94. The van der Waals surface area contributed by atoms with E-state index in [4.69, 9.17) is 4.52 Å². The molecule has 1 atom stereocenters. The van der Waals surface area contributed by atoms with Gasteiger partial charge in [-0.25, -0.2) is 0 Å². The number of amides is 2. The fourth-order valence-corrected chi connectivity index (χ4v) is 3.89. The Balaban J connectivity index is 1.30. The van der Waals surface area contributed by atoms with Crippen LogP contribution in [-0.4, -0.2) is 56.9 Å². The summed E-state index contributed by atoms with van der Waals surface area (Å²) in [5.74, 6) is 0.926. The SMILES string of the molecule is CN(CCc1ccccn1)C(=O)CCc1nc(C2CCCN2C(=O)c2ccccc2)no1. The number of rotatable bonds is 8. The summed E-state index contributed by atoms with van der Waals surface area (Å²) >= 11 is 0. The van der Waals surface area contributed by atoms with Crippen molar-refractivity contribution >= 4 is 11.8 Å². The zero-order valence-electron chi connectivity index (χ0n) is 18.2. The molecule has 2 aromatic heterocycles. The molecule has 0 spiro atoms. The van der Waals surface area contributed by atoms with E-state index in [-0.39, 0.29) is 24.3 Å². The van der Waals surface area contributed by atoms with Crippen molar-refractivity contribution in [2.45, 2.75) is 38.1 Å². The van der Waals surface area contributed by atoms with Crippen molar-refractivity contribution in [3.63, 3.8) is 0 Å². The number of hydrogen-bond acceptors (Lipinski definition) is 6. The molecule has 1 aliphatic rings. The first-order chi connectivity index (χ1) is 15.6. The van der Waals surface area contributed by atoms with Crippen molar-refractivity contribution in [1.82, 2.24) is 24.9 Å². The molecule has 1 saturated heterocycles. The van der Waals surface area contributed by atoms with Crippen LogP contribution in [0.25, 0.3) is 0 Å². The summed E-state index contributed by atoms with van der Waals surface area (Å²) < 4.78 is 5.39. The highest BCUT2D eigenvalue weighted by Crippen LogP contribution is 2.31. The zero-order valence-corrected chi connectivity index (χ0v) is 18.2. The van der Waals surface area contributed by atoms with Crippen LogP contribution in [0.5, 0.6) is 0 Å². The first-order valence-corrected chi connectivity index (χ1v) is 10.9. The van der Waals surface area contributed by atoms with Crippen LogP contribution < -0.4 is 0 Å². The van der Waals surface area contributed by atoms with E-state index < -0.39 is 0 Å². The van der Waals surface area contributed by atoms with Gasteiger partial charge in [0.25, 0.3) is 5.91 Å². The second kappa shape index (κ2) is 10.2. The van der Waals surface area contributed by atoms with Gasteiger partial charge in [-0.15, -0.1) is 0 Å². The van der Waals surface area contributed by atoms with Gasteiger partial charge in [0.05, 0.1) is 6.04 Å². The summed E-state index contributed by atoms with van der Waals surface area (Å²) in [5, 5.41) is 4.11. The molecule has 0 bridgehead atoms. The minimum absolute atomic E-state index is 0.0161. The molecule has 3 aromatic rings. The molecule has 0 aliphatic carbocycles. The average molecular weight is 434 g/mol. The van der Waals surface area contributed by atoms with E-state index in [1.54, 1.807) is 23.0 Å². The topological polar surface area (TPSA) is 92.4 Å². The van der Waals surface area contributed by atoms with E-state index in [1.165, 1.54) is 0 Å². The number of carbonyl (C=O) groups is 2. The first-order valence-electron chi connectivity index (χ1n) is 10.9. The van der Waals surface area contributed by atoms with Crippen LogP contribution in [0.1, 0.15) is 53.1 Å². The summed E-state index contributed by atoms with van der Waals surface area (Å²) in [4.78, 5) is 37.6.